The molecule has 5 nitrogen and oxygen atoms in total. The Morgan fingerprint density at radius 2 is 1.54 bits per heavy atom. The van der Waals surface area contributed by atoms with Crippen LogP contribution in [0.5, 0.6) is 0 Å². The third kappa shape index (κ3) is 7.75. The van der Waals surface area contributed by atoms with E-state index < -0.39 is 51.3 Å². The number of halogens is 6. The number of rotatable bonds is 9. The molecule has 1 aliphatic rings. The van der Waals surface area contributed by atoms with Gasteiger partial charge in [0, 0.05) is 18.5 Å². The highest BCUT2D eigenvalue weighted by atomic mass is 32.2. The van der Waals surface area contributed by atoms with Crippen molar-refractivity contribution in [1.29, 1.82) is 0 Å². The van der Waals surface area contributed by atoms with E-state index in [1.54, 1.807) is 0 Å². The van der Waals surface area contributed by atoms with Crippen LogP contribution in [0.15, 0.2) is 36.4 Å². The fourth-order valence-electron chi connectivity index (χ4n) is 5.10. The Morgan fingerprint density at radius 1 is 0.949 bits per heavy atom. The van der Waals surface area contributed by atoms with Crippen LogP contribution in [0, 0.1) is 0 Å². The number of hydrogen-bond donors (Lipinski definition) is 0. The van der Waals surface area contributed by atoms with Crippen molar-refractivity contribution >= 4 is 16.0 Å². The van der Waals surface area contributed by atoms with Crippen LogP contribution in [0.1, 0.15) is 60.1 Å². The highest BCUT2D eigenvalue weighted by Gasteiger charge is 2.42. The maximum Gasteiger partial charge on any atom is 0.416 e. The number of likely N-dealkylation sites (tertiary alicyclic amines) is 1. The summed E-state index contributed by atoms with van der Waals surface area (Å²) in [5.41, 5.74) is -0.898. The Balaban J connectivity index is 1.91. The third-order valence-corrected chi connectivity index (χ3v) is 7.76. The quantitative estimate of drug-likeness (QED) is 0.273. The topological polar surface area (TPSA) is 63.7 Å². The Kier molecular flexibility index (Phi) is 9.11. The summed E-state index contributed by atoms with van der Waals surface area (Å²) in [6.45, 7) is 4.23. The van der Waals surface area contributed by atoms with Crippen LogP contribution in [0.25, 0.3) is 0 Å². The summed E-state index contributed by atoms with van der Waals surface area (Å²) in [6.07, 6.45) is -7.48. The van der Waals surface area contributed by atoms with E-state index in [2.05, 4.69) is 0 Å². The van der Waals surface area contributed by atoms with Crippen molar-refractivity contribution in [3.8, 4) is 0 Å². The second kappa shape index (κ2) is 11.5. The Hall–Kier alpha value is -2.60. The minimum Gasteiger partial charge on any atom is -0.341 e. The number of alkyl halides is 6. The van der Waals surface area contributed by atoms with Gasteiger partial charge in [0.1, 0.15) is 0 Å². The van der Waals surface area contributed by atoms with Crippen LogP contribution in [0.3, 0.4) is 0 Å². The van der Waals surface area contributed by atoms with E-state index in [1.807, 2.05) is 32.0 Å². The molecule has 1 saturated heterocycles. The number of carbonyl (C=O) groups is 1. The lowest BCUT2D eigenvalue weighted by Crippen LogP contribution is -2.36. The van der Waals surface area contributed by atoms with Crippen LogP contribution in [0.4, 0.5) is 26.3 Å². The predicted molar refractivity (Wildman–Crippen MR) is 134 cm³/mol. The number of benzene rings is 2. The first-order valence-electron chi connectivity index (χ1n) is 12.5. The van der Waals surface area contributed by atoms with Gasteiger partial charge in [-0.1, -0.05) is 32.0 Å². The second-order valence-electron chi connectivity index (χ2n) is 9.90. The largest absolute Gasteiger partial charge is 0.416 e. The van der Waals surface area contributed by atoms with E-state index in [1.165, 1.54) is 4.90 Å². The van der Waals surface area contributed by atoms with Gasteiger partial charge in [0.2, 0.25) is 5.91 Å². The molecule has 12 heteroatoms. The molecule has 1 atom stereocenters. The van der Waals surface area contributed by atoms with E-state index in [0.29, 0.717) is 18.6 Å². The minimum absolute atomic E-state index is 0.0297. The molecule has 1 unspecified atom stereocenters. The van der Waals surface area contributed by atoms with Crippen molar-refractivity contribution in [2.45, 2.75) is 63.7 Å². The van der Waals surface area contributed by atoms with Crippen molar-refractivity contribution in [3.63, 3.8) is 0 Å². The maximum atomic E-state index is 13.3. The molecule has 2 aromatic rings. The van der Waals surface area contributed by atoms with E-state index in [9.17, 15) is 39.6 Å². The van der Waals surface area contributed by atoms with Gasteiger partial charge in [-0.25, -0.2) is 0 Å². The van der Waals surface area contributed by atoms with Crippen LogP contribution in [-0.4, -0.2) is 45.2 Å². The Morgan fingerprint density at radius 3 is 2.05 bits per heavy atom. The van der Waals surface area contributed by atoms with Crippen LogP contribution in [-0.2, 0) is 56.1 Å². The number of nitrogens with zero attached hydrogens (tertiary/aromatic N) is 1. The standard InChI is InChI=1S/C27H31F6NO4S/c1-4-19-6-7-21(15-20(19)5-2)25(9-11-38-39(3,36)37)8-10-34(17-25)24(35)14-18-12-22(26(28,29)30)16-23(13-18)27(31,32)33/h6-7,12-13,15-16H,4-5,8-11,14,17H2,1-3H3. The smallest absolute Gasteiger partial charge is 0.341 e. The first-order valence-corrected chi connectivity index (χ1v) is 14.3. The Labute approximate surface area is 224 Å². The SMILES string of the molecule is CCc1ccc(C2(CCOS(C)(=O)=O)CCN(C(=O)Cc3cc(C(F)(F)F)cc(C(F)(F)F)c3)C2)cc1CC. The molecule has 3 rings (SSSR count). The monoisotopic (exact) mass is 579 g/mol. The highest BCUT2D eigenvalue weighted by Crippen LogP contribution is 2.40. The van der Waals surface area contributed by atoms with Gasteiger partial charge in [0.25, 0.3) is 10.1 Å². The molecule has 1 aliphatic heterocycles. The van der Waals surface area contributed by atoms with Crippen LogP contribution >= 0.6 is 0 Å². The average Bonchev–Trinajstić information content (AvgIpc) is 3.27. The van der Waals surface area contributed by atoms with Crippen molar-refractivity contribution < 1.29 is 43.7 Å². The molecule has 216 valence electrons. The lowest BCUT2D eigenvalue weighted by molar-refractivity contribution is -0.143. The zero-order valence-corrected chi connectivity index (χ0v) is 22.7. The fraction of sp³-hybridized carbons (Fsp3) is 0.519. The average molecular weight is 580 g/mol. The maximum absolute atomic E-state index is 13.3. The predicted octanol–water partition coefficient (Wildman–Crippen LogP) is 5.93. The van der Waals surface area contributed by atoms with Crippen molar-refractivity contribution in [1.82, 2.24) is 4.90 Å². The van der Waals surface area contributed by atoms with Gasteiger partial charge in [-0.15, -0.1) is 0 Å². The van der Waals surface area contributed by atoms with Gasteiger partial charge in [-0.3, -0.25) is 8.98 Å². The number of carbonyl (C=O) groups excluding carboxylic acids is 1. The highest BCUT2D eigenvalue weighted by molar-refractivity contribution is 7.85. The van der Waals surface area contributed by atoms with E-state index in [0.717, 1.165) is 35.8 Å². The molecule has 39 heavy (non-hydrogen) atoms. The third-order valence-electron chi connectivity index (χ3n) is 7.17. The molecule has 1 fully saturated rings. The zero-order valence-electron chi connectivity index (χ0n) is 21.9. The molecule has 0 N–H and O–H groups in total. The van der Waals surface area contributed by atoms with Crippen molar-refractivity contribution in [3.05, 3.63) is 69.8 Å². The van der Waals surface area contributed by atoms with Gasteiger partial charge < -0.3 is 4.90 Å². The normalized spacial score (nSPS) is 18.5. The van der Waals surface area contributed by atoms with Crippen LogP contribution in [0.2, 0.25) is 0 Å². The van der Waals surface area contributed by atoms with E-state index >= 15 is 0 Å². The molecular formula is C27H31F6NO4S. The minimum atomic E-state index is -5.01. The molecule has 0 aliphatic carbocycles. The molecule has 1 amide bonds. The van der Waals surface area contributed by atoms with Gasteiger partial charge in [-0.2, -0.15) is 34.8 Å². The molecule has 1 heterocycles. The molecule has 0 bridgehead atoms. The van der Waals surface area contributed by atoms with Crippen molar-refractivity contribution in [2.24, 2.45) is 0 Å². The summed E-state index contributed by atoms with van der Waals surface area (Å²) >= 11 is 0. The molecule has 0 spiro atoms. The fourth-order valence-corrected chi connectivity index (χ4v) is 5.48. The van der Waals surface area contributed by atoms with Gasteiger partial charge in [-0.05, 0) is 66.1 Å². The summed E-state index contributed by atoms with van der Waals surface area (Å²) in [5.74, 6) is -0.616. The Bertz CT molecular complexity index is 1270. The lowest BCUT2D eigenvalue weighted by Gasteiger charge is -2.31. The summed E-state index contributed by atoms with van der Waals surface area (Å²) in [6, 6.07) is 7.09. The summed E-state index contributed by atoms with van der Waals surface area (Å²) in [4.78, 5) is 14.6. The second-order valence-corrected chi connectivity index (χ2v) is 11.5. The van der Waals surface area contributed by atoms with Crippen LogP contribution < -0.4 is 0 Å². The molecule has 0 radical (unpaired) electrons. The number of aryl methyl sites for hydroxylation is 2. The zero-order chi connectivity index (χ0) is 29.2. The summed E-state index contributed by atoms with van der Waals surface area (Å²) < 4.78 is 108. The number of amides is 1. The van der Waals surface area contributed by atoms with E-state index in [-0.39, 0.29) is 37.7 Å². The first kappa shape index (κ1) is 30.9. The summed E-state index contributed by atoms with van der Waals surface area (Å²) in [7, 11) is -3.72. The molecule has 0 aromatic heterocycles. The van der Waals surface area contributed by atoms with E-state index in [4.69, 9.17) is 4.18 Å². The van der Waals surface area contributed by atoms with Gasteiger partial charge in [0.05, 0.1) is 30.4 Å². The lowest BCUT2D eigenvalue weighted by atomic mass is 9.76. The van der Waals surface area contributed by atoms with Gasteiger partial charge >= 0.3 is 12.4 Å². The first-order chi connectivity index (χ1) is 18.0. The molecule has 0 saturated carbocycles. The van der Waals surface area contributed by atoms with Gasteiger partial charge in [0.15, 0.2) is 0 Å². The molecule has 2 aromatic carbocycles. The van der Waals surface area contributed by atoms with Crippen molar-refractivity contribution in [2.75, 3.05) is 26.0 Å². The summed E-state index contributed by atoms with van der Waals surface area (Å²) in [5, 5.41) is 0. The molecular weight excluding hydrogens is 548 g/mol. The number of hydrogen-bond acceptors (Lipinski definition) is 4.